The Morgan fingerprint density at radius 1 is 1.19 bits per heavy atom. The van der Waals surface area contributed by atoms with Crippen molar-refractivity contribution in [3.05, 3.63) is 59.7 Å². The highest BCUT2D eigenvalue weighted by molar-refractivity contribution is 8.01. The van der Waals surface area contributed by atoms with Gasteiger partial charge in [0.05, 0.1) is 11.0 Å². The zero-order valence-corrected chi connectivity index (χ0v) is 15.3. The van der Waals surface area contributed by atoms with Crippen molar-refractivity contribution in [3.8, 4) is 0 Å². The number of thioether (sulfide) groups is 1. The Morgan fingerprint density at radius 2 is 2.00 bits per heavy atom. The quantitative estimate of drug-likeness (QED) is 0.792. The van der Waals surface area contributed by atoms with E-state index >= 15 is 0 Å². The summed E-state index contributed by atoms with van der Waals surface area (Å²) in [5.41, 5.74) is 3.11. The average molecular weight is 368 g/mol. The van der Waals surface area contributed by atoms with Gasteiger partial charge in [-0.1, -0.05) is 30.3 Å². The van der Waals surface area contributed by atoms with Gasteiger partial charge in [0, 0.05) is 16.9 Å². The number of fused-ring (bicyclic) bond motifs is 1. The Balaban J connectivity index is 1.55. The molecule has 0 aromatic heterocycles. The van der Waals surface area contributed by atoms with Crippen LogP contribution in [0.1, 0.15) is 29.3 Å². The first-order valence-electron chi connectivity index (χ1n) is 8.44. The number of benzene rings is 2. The van der Waals surface area contributed by atoms with Gasteiger partial charge in [-0.25, -0.2) is 0 Å². The van der Waals surface area contributed by atoms with Crippen LogP contribution in [0, 0.1) is 0 Å². The summed E-state index contributed by atoms with van der Waals surface area (Å²) in [6.07, 6.45) is 1.50. The number of hydrogen-bond acceptors (Lipinski definition) is 4. The molecular weight excluding hydrogens is 348 g/mol. The van der Waals surface area contributed by atoms with Crippen molar-refractivity contribution < 1.29 is 14.4 Å². The molecule has 1 aliphatic heterocycles. The number of ketones is 1. The Hall–Kier alpha value is -2.60. The molecule has 1 heterocycles. The van der Waals surface area contributed by atoms with Crippen LogP contribution >= 0.6 is 11.8 Å². The smallest absolute Gasteiger partial charge is 0.237 e. The van der Waals surface area contributed by atoms with Crippen LogP contribution in [0.25, 0.3) is 0 Å². The van der Waals surface area contributed by atoms with Gasteiger partial charge in [0.15, 0.2) is 5.78 Å². The molecule has 0 aliphatic carbocycles. The van der Waals surface area contributed by atoms with E-state index in [1.165, 1.54) is 18.7 Å². The van der Waals surface area contributed by atoms with E-state index < -0.39 is 0 Å². The molecule has 3 rings (SSSR count). The third-order valence-electron chi connectivity index (χ3n) is 4.21. The second kappa shape index (κ2) is 8.19. The van der Waals surface area contributed by atoms with Crippen LogP contribution in [0.3, 0.4) is 0 Å². The number of anilines is 2. The standard InChI is InChI=1S/C20H20N2O3S/c1-13(23)15-6-4-7-16(11-15)21-19(24)12-26-18-10-9-14-5-2-3-8-17(14)22-20(18)25/h2-8,11,18H,9-10,12H2,1H3,(H,21,24)(H,22,25)/t18-/m1/s1. The van der Waals surface area contributed by atoms with E-state index in [0.717, 1.165) is 17.7 Å². The lowest BCUT2D eigenvalue weighted by atomic mass is 10.1. The maximum atomic E-state index is 12.4. The van der Waals surface area contributed by atoms with Crippen molar-refractivity contribution in [3.63, 3.8) is 0 Å². The number of para-hydroxylation sites is 1. The highest BCUT2D eigenvalue weighted by atomic mass is 32.2. The van der Waals surface area contributed by atoms with Gasteiger partial charge in [-0.3, -0.25) is 14.4 Å². The lowest BCUT2D eigenvalue weighted by Crippen LogP contribution is -2.26. The van der Waals surface area contributed by atoms with Crippen molar-refractivity contribution in [1.82, 2.24) is 0 Å². The first-order valence-corrected chi connectivity index (χ1v) is 9.49. The molecule has 0 saturated carbocycles. The Morgan fingerprint density at radius 3 is 2.81 bits per heavy atom. The molecule has 0 spiro atoms. The second-order valence-corrected chi connectivity index (χ2v) is 7.36. The fourth-order valence-electron chi connectivity index (χ4n) is 2.84. The van der Waals surface area contributed by atoms with Gasteiger partial charge in [0.1, 0.15) is 0 Å². The zero-order valence-electron chi connectivity index (χ0n) is 14.5. The van der Waals surface area contributed by atoms with Gasteiger partial charge < -0.3 is 10.6 Å². The summed E-state index contributed by atoms with van der Waals surface area (Å²) in [5.74, 6) is -0.125. The molecule has 0 saturated heterocycles. The molecule has 2 aromatic carbocycles. The van der Waals surface area contributed by atoms with Gasteiger partial charge in [0.2, 0.25) is 11.8 Å². The van der Waals surface area contributed by atoms with Crippen LogP contribution < -0.4 is 10.6 Å². The van der Waals surface area contributed by atoms with Gasteiger partial charge in [0.25, 0.3) is 0 Å². The van der Waals surface area contributed by atoms with E-state index in [2.05, 4.69) is 10.6 Å². The number of amides is 2. The predicted molar refractivity (Wildman–Crippen MR) is 105 cm³/mol. The molecule has 0 bridgehead atoms. The van der Waals surface area contributed by atoms with Crippen LogP contribution in [0.15, 0.2) is 48.5 Å². The van der Waals surface area contributed by atoms with E-state index in [0.29, 0.717) is 17.7 Å². The number of Topliss-reactive ketones (excluding diaryl/α,β-unsaturated/α-hetero) is 1. The molecule has 2 aromatic rings. The largest absolute Gasteiger partial charge is 0.325 e. The first kappa shape index (κ1) is 18.2. The molecule has 6 heteroatoms. The Labute approximate surface area is 156 Å². The maximum Gasteiger partial charge on any atom is 0.237 e. The third-order valence-corrected chi connectivity index (χ3v) is 5.49. The van der Waals surface area contributed by atoms with Gasteiger partial charge >= 0.3 is 0 Å². The molecule has 0 fully saturated rings. The number of hydrogen-bond donors (Lipinski definition) is 2. The zero-order chi connectivity index (χ0) is 18.5. The topological polar surface area (TPSA) is 75.3 Å². The first-order chi connectivity index (χ1) is 12.5. The highest BCUT2D eigenvalue weighted by Gasteiger charge is 2.24. The normalized spacial score (nSPS) is 16.2. The molecule has 0 unspecified atom stereocenters. The third kappa shape index (κ3) is 4.52. The Bertz CT molecular complexity index is 850. The number of carbonyl (C=O) groups is 3. The minimum atomic E-state index is -0.267. The van der Waals surface area contributed by atoms with Crippen LogP contribution in [0.4, 0.5) is 11.4 Å². The molecule has 5 nitrogen and oxygen atoms in total. The predicted octanol–water partition coefficient (Wildman–Crippen LogP) is 3.51. The Kier molecular flexibility index (Phi) is 5.73. The second-order valence-electron chi connectivity index (χ2n) is 6.17. The van der Waals surface area contributed by atoms with Crippen molar-refractivity contribution in [2.24, 2.45) is 0 Å². The van der Waals surface area contributed by atoms with E-state index in [4.69, 9.17) is 0 Å². The minimum Gasteiger partial charge on any atom is -0.325 e. The monoisotopic (exact) mass is 368 g/mol. The number of nitrogens with one attached hydrogen (secondary N) is 2. The SMILES string of the molecule is CC(=O)c1cccc(NC(=O)CS[C@@H]2CCc3ccccc3NC2=O)c1. The van der Waals surface area contributed by atoms with Crippen LogP contribution in [-0.4, -0.2) is 28.6 Å². The van der Waals surface area contributed by atoms with Gasteiger partial charge in [-0.15, -0.1) is 11.8 Å². The summed E-state index contributed by atoms with van der Waals surface area (Å²) in [4.78, 5) is 36.0. The maximum absolute atomic E-state index is 12.4. The molecule has 2 amide bonds. The molecule has 134 valence electrons. The number of rotatable bonds is 5. The lowest BCUT2D eigenvalue weighted by molar-refractivity contribution is -0.115. The van der Waals surface area contributed by atoms with Crippen molar-refractivity contribution in [1.29, 1.82) is 0 Å². The lowest BCUT2D eigenvalue weighted by Gasteiger charge is -2.13. The van der Waals surface area contributed by atoms with E-state index in [-0.39, 0.29) is 28.6 Å². The van der Waals surface area contributed by atoms with E-state index in [1.54, 1.807) is 24.3 Å². The van der Waals surface area contributed by atoms with Crippen molar-refractivity contribution in [2.75, 3.05) is 16.4 Å². The minimum absolute atomic E-state index is 0.0508. The molecule has 1 aliphatic rings. The van der Waals surface area contributed by atoms with Crippen LogP contribution in [-0.2, 0) is 16.0 Å². The molecule has 0 radical (unpaired) electrons. The molecule has 26 heavy (non-hydrogen) atoms. The molecular formula is C20H20N2O3S. The van der Waals surface area contributed by atoms with Crippen molar-refractivity contribution >= 4 is 40.7 Å². The van der Waals surface area contributed by atoms with Crippen LogP contribution in [0.2, 0.25) is 0 Å². The van der Waals surface area contributed by atoms with Crippen LogP contribution in [0.5, 0.6) is 0 Å². The summed E-state index contributed by atoms with van der Waals surface area (Å²) in [5, 5.41) is 5.45. The summed E-state index contributed by atoms with van der Waals surface area (Å²) in [6.45, 7) is 1.49. The highest BCUT2D eigenvalue weighted by Crippen LogP contribution is 2.27. The molecule has 2 N–H and O–H groups in total. The summed E-state index contributed by atoms with van der Waals surface area (Å²) in [7, 11) is 0. The summed E-state index contributed by atoms with van der Waals surface area (Å²) >= 11 is 1.34. The van der Waals surface area contributed by atoms with E-state index in [1.807, 2.05) is 24.3 Å². The van der Waals surface area contributed by atoms with E-state index in [9.17, 15) is 14.4 Å². The summed E-state index contributed by atoms with van der Waals surface area (Å²) in [6, 6.07) is 14.6. The van der Waals surface area contributed by atoms with Gasteiger partial charge in [-0.2, -0.15) is 0 Å². The number of aryl methyl sites for hydroxylation is 1. The molecule has 1 atom stereocenters. The van der Waals surface area contributed by atoms with Crippen molar-refractivity contribution in [2.45, 2.75) is 25.0 Å². The fraction of sp³-hybridized carbons (Fsp3) is 0.250. The summed E-state index contributed by atoms with van der Waals surface area (Å²) < 4.78 is 0. The fourth-order valence-corrected chi connectivity index (χ4v) is 3.76. The van der Waals surface area contributed by atoms with Gasteiger partial charge in [-0.05, 0) is 43.5 Å². The average Bonchev–Trinajstić information content (AvgIpc) is 2.78. The number of carbonyl (C=O) groups excluding carboxylic acids is 3.